The lowest BCUT2D eigenvalue weighted by Crippen LogP contribution is -2.03. The van der Waals surface area contributed by atoms with Gasteiger partial charge in [0.05, 0.1) is 12.7 Å². The molecule has 1 N–H and O–H groups in total. The number of hydrogen-bond acceptors (Lipinski definition) is 4. The topological polar surface area (TPSA) is 49.8 Å². The zero-order valence-corrected chi connectivity index (χ0v) is 9.60. The standard InChI is InChI=1S/C12H15NO3/c1-13(2)7-6-11(14)10-5-4-9(16-3)8-12(10)15/h4-8,15H,1-3H3/b7-6+. The van der Waals surface area contributed by atoms with Gasteiger partial charge in [-0.1, -0.05) is 0 Å². The van der Waals surface area contributed by atoms with E-state index in [-0.39, 0.29) is 17.1 Å². The number of phenolic OH excluding ortho intramolecular Hbond substituents is 1. The summed E-state index contributed by atoms with van der Waals surface area (Å²) in [4.78, 5) is 13.4. The van der Waals surface area contributed by atoms with E-state index in [1.807, 2.05) is 14.1 Å². The Morgan fingerprint density at radius 3 is 2.62 bits per heavy atom. The smallest absolute Gasteiger partial charge is 0.190 e. The Balaban J connectivity index is 2.92. The summed E-state index contributed by atoms with van der Waals surface area (Å²) < 4.78 is 4.93. The SMILES string of the molecule is COc1ccc(C(=O)/C=C/N(C)C)c(O)c1. The van der Waals surface area contributed by atoms with Gasteiger partial charge in [-0.25, -0.2) is 0 Å². The molecule has 0 aliphatic rings. The van der Waals surface area contributed by atoms with E-state index in [2.05, 4.69) is 0 Å². The van der Waals surface area contributed by atoms with Crippen LogP contribution in [-0.4, -0.2) is 37.0 Å². The van der Waals surface area contributed by atoms with Crippen molar-refractivity contribution in [2.45, 2.75) is 0 Å². The largest absolute Gasteiger partial charge is 0.507 e. The van der Waals surface area contributed by atoms with E-state index in [4.69, 9.17) is 4.74 Å². The van der Waals surface area contributed by atoms with Gasteiger partial charge in [0, 0.05) is 32.4 Å². The third-order valence-electron chi connectivity index (χ3n) is 1.99. The Kier molecular flexibility index (Phi) is 3.94. The van der Waals surface area contributed by atoms with Gasteiger partial charge >= 0.3 is 0 Å². The van der Waals surface area contributed by atoms with Crippen molar-refractivity contribution >= 4 is 5.78 Å². The van der Waals surface area contributed by atoms with E-state index < -0.39 is 0 Å². The van der Waals surface area contributed by atoms with Gasteiger partial charge in [-0.2, -0.15) is 0 Å². The van der Waals surface area contributed by atoms with Gasteiger partial charge in [-0.05, 0) is 12.1 Å². The molecule has 1 aromatic carbocycles. The molecule has 4 nitrogen and oxygen atoms in total. The van der Waals surface area contributed by atoms with Crippen LogP contribution in [0.4, 0.5) is 0 Å². The number of rotatable bonds is 4. The molecular weight excluding hydrogens is 206 g/mol. The molecule has 16 heavy (non-hydrogen) atoms. The normalized spacial score (nSPS) is 10.4. The number of benzene rings is 1. The Morgan fingerprint density at radius 2 is 2.12 bits per heavy atom. The van der Waals surface area contributed by atoms with E-state index in [0.29, 0.717) is 5.75 Å². The Bertz CT molecular complexity index is 411. The second-order valence-electron chi connectivity index (χ2n) is 3.53. The second kappa shape index (κ2) is 5.21. The number of ketones is 1. The molecule has 0 bridgehead atoms. The van der Waals surface area contributed by atoms with Crippen molar-refractivity contribution in [3.05, 3.63) is 36.0 Å². The van der Waals surface area contributed by atoms with Crippen molar-refractivity contribution in [3.8, 4) is 11.5 Å². The monoisotopic (exact) mass is 221 g/mol. The molecule has 4 heteroatoms. The average molecular weight is 221 g/mol. The Hall–Kier alpha value is -1.97. The maximum atomic E-state index is 11.7. The number of hydrogen-bond donors (Lipinski definition) is 1. The predicted octanol–water partition coefficient (Wildman–Crippen LogP) is 1.66. The Morgan fingerprint density at radius 1 is 1.44 bits per heavy atom. The molecule has 0 saturated heterocycles. The molecule has 1 rings (SSSR count). The van der Waals surface area contributed by atoms with Gasteiger partial charge in [0.1, 0.15) is 11.5 Å². The van der Waals surface area contributed by atoms with Crippen LogP contribution in [0, 0.1) is 0 Å². The molecule has 0 fully saturated rings. The van der Waals surface area contributed by atoms with Gasteiger partial charge in [-0.3, -0.25) is 4.79 Å². The number of methoxy groups -OCH3 is 1. The van der Waals surface area contributed by atoms with Crippen molar-refractivity contribution in [2.75, 3.05) is 21.2 Å². The lowest BCUT2D eigenvalue weighted by atomic mass is 10.1. The number of phenols is 1. The molecule has 0 atom stereocenters. The van der Waals surface area contributed by atoms with Crippen LogP contribution in [0.25, 0.3) is 0 Å². The van der Waals surface area contributed by atoms with Crippen molar-refractivity contribution in [1.29, 1.82) is 0 Å². The lowest BCUT2D eigenvalue weighted by Gasteiger charge is -2.05. The molecule has 0 heterocycles. The number of carbonyl (C=O) groups excluding carboxylic acids is 1. The molecule has 0 spiro atoms. The summed E-state index contributed by atoms with van der Waals surface area (Å²) in [5.74, 6) is 0.201. The second-order valence-corrected chi connectivity index (χ2v) is 3.53. The highest BCUT2D eigenvalue weighted by Crippen LogP contribution is 2.23. The number of allylic oxidation sites excluding steroid dienone is 1. The van der Waals surface area contributed by atoms with Gasteiger partial charge in [-0.15, -0.1) is 0 Å². The average Bonchev–Trinajstić information content (AvgIpc) is 2.25. The maximum Gasteiger partial charge on any atom is 0.190 e. The van der Waals surface area contributed by atoms with Crippen molar-refractivity contribution in [2.24, 2.45) is 0 Å². The van der Waals surface area contributed by atoms with Crippen LogP contribution < -0.4 is 4.74 Å². The number of nitrogens with zero attached hydrogens (tertiary/aromatic N) is 1. The van der Waals surface area contributed by atoms with Gasteiger partial charge in [0.25, 0.3) is 0 Å². The minimum Gasteiger partial charge on any atom is -0.507 e. The fraction of sp³-hybridized carbons (Fsp3) is 0.250. The summed E-state index contributed by atoms with van der Waals surface area (Å²) in [5, 5.41) is 9.61. The number of aromatic hydroxyl groups is 1. The van der Waals surface area contributed by atoms with Gasteiger partial charge in [0.2, 0.25) is 0 Å². The minimum absolute atomic E-state index is 0.0762. The molecule has 0 aliphatic carbocycles. The molecule has 86 valence electrons. The van der Waals surface area contributed by atoms with Crippen LogP contribution in [0.2, 0.25) is 0 Å². The molecule has 0 saturated carbocycles. The van der Waals surface area contributed by atoms with Crippen LogP contribution in [0.3, 0.4) is 0 Å². The molecule has 1 aromatic rings. The first kappa shape index (κ1) is 12.1. The number of ether oxygens (including phenoxy) is 1. The van der Waals surface area contributed by atoms with E-state index in [0.717, 1.165) is 0 Å². The first-order valence-corrected chi connectivity index (χ1v) is 4.80. The van der Waals surface area contributed by atoms with Crippen molar-refractivity contribution in [3.63, 3.8) is 0 Å². The molecular formula is C12H15NO3. The summed E-state index contributed by atoms with van der Waals surface area (Å²) in [6, 6.07) is 4.59. The fourth-order valence-corrected chi connectivity index (χ4v) is 1.15. The van der Waals surface area contributed by atoms with Crippen LogP contribution >= 0.6 is 0 Å². The lowest BCUT2D eigenvalue weighted by molar-refractivity contribution is 0.104. The molecule has 0 radical (unpaired) electrons. The van der Waals surface area contributed by atoms with Gasteiger partial charge < -0.3 is 14.7 Å². The highest BCUT2D eigenvalue weighted by Gasteiger charge is 2.08. The van der Waals surface area contributed by atoms with Crippen molar-refractivity contribution < 1.29 is 14.6 Å². The zero-order chi connectivity index (χ0) is 12.1. The highest BCUT2D eigenvalue weighted by atomic mass is 16.5. The molecule has 0 unspecified atom stereocenters. The van der Waals surface area contributed by atoms with E-state index in [9.17, 15) is 9.90 Å². The van der Waals surface area contributed by atoms with E-state index in [1.165, 1.54) is 25.3 Å². The van der Waals surface area contributed by atoms with Crippen LogP contribution in [0.5, 0.6) is 11.5 Å². The quantitative estimate of drug-likeness (QED) is 0.620. The maximum absolute atomic E-state index is 11.7. The third kappa shape index (κ3) is 3.02. The van der Waals surface area contributed by atoms with E-state index in [1.54, 1.807) is 17.2 Å². The van der Waals surface area contributed by atoms with Gasteiger partial charge in [0.15, 0.2) is 5.78 Å². The molecule has 0 aliphatic heterocycles. The van der Waals surface area contributed by atoms with Crippen LogP contribution in [0.1, 0.15) is 10.4 Å². The summed E-state index contributed by atoms with van der Waals surface area (Å²) in [6.45, 7) is 0. The summed E-state index contributed by atoms with van der Waals surface area (Å²) in [5.41, 5.74) is 0.263. The zero-order valence-electron chi connectivity index (χ0n) is 9.60. The fourth-order valence-electron chi connectivity index (χ4n) is 1.15. The summed E-state index contributed by atoms with van der Waals surface area (Å²) >= 11 is 0. The molecule has 0 aromatic heterocycles. The minimum atomic E-state index is -0.242. The van der Waals surface area contributed by atoms with E-state index >= 15 is 0 Å². The first-order chi connectivity index (χ1) is 7.54. The third-order valence-corrected chi connectivity index (χ3v) is 1.99. The number of carbonyl (C=O) groups is 1. The summed E-state index contributed by atoms with van der Waals surface area (Å²) in [7, 11) is 5.14. The Labute approximate surface area is 94.8 Å². The summed E-state index contributed by atoms with van der Waals surface area (Å²) in [6.07, 6.45) is 3.04. The highest BCUT2D eigenvalue weighted by molar-refractivity contribution is 6.06. The van der Waals surface area contributed by atoms with Crippen LogP contribution in [0.15, 0.2) is 30.5 Å². The first-order valence-electron chi connectivity index (χ1n) is 4.80. The predicted molar refractivity (Wildman–Crippen MR) is 61.8 cm³/mol. The molecule has 0 amide bonds. The van der Waals surface area contributed by atoms with Crippen molar-refractivity contribution in [1.82, 2.24) is 4.90 Å². The van der Waals surface area contributed by atoms with Crippen LogP contribution in [-0.2, 0) is 0 Å².